The van der Waals surface area contributed by atoms with Crippen molar-refractivity contribution in [3.05, 3.63) is 67.5 Å². The van der Waals surface area contributed by atoms with Gasteiger partial charge in [0, 0.05) is 15.7 Å². The molecule has 3 aliphatic carbocycles. The zero-order valence-electron chi connectivity index (χ0n) is 22.8. The van der Waals surface area contributed by atoms with E-state index < -0.39 is 57.1 Å². The van der Waals surface area contributed by atoms with Gasteiger partial charge in [-0.1, -0.05) is 12.1 Å². The average molecular weight is 674 g/mol. The second-order valence-electron chi connectivity index (χ2n) is 11.5. The first kappa shape index (κ1) is 29.2. The number of hydrogen-bond acceptors (Lipinski definition) is 10. The quantitative estimate of drug-likeness (QED) is 0.181. The van der Waals surface area contributed by atoms with E-state index in [9.17, 15) is 29.7 Å². The van der Waals surface area contributed by atoms with Gasteiger partial charge < -0.3 is 38.3 Å². The van der Waals surface area contributed by atoms with Crippen LogP contribution < -0.4 is 22.9 Å². The van der Waals surface area contributed by atoms with Gasteiger partial charge in [0.2, 0.25) is 0 Å². The van der Waals surface area contributed by atoms with Crippen molar-refractivity contribution < 1.29 is 29.7 Å². The molecule has 1 amide bonds. The van der Waals surface area contributed by atoms with Crippen LogP contribution in [0.2, 0.25) is 0 Å². The van der Waals surface area contributed by atoms with E-state index in [-0.39, 0.29) is 36.3 Å². The summed E-state index contributed by atoms with van der Waals surface area (Å²) in [6.45, 7) is 1.27. The number of rotatable bonds is 4. The highest BCUT2D eigenvalue weighted by Crippen LogP contribution is 2.59. The van der Waals surface area contributed by atoms with Crippen molar-refractivity contribution in [3.8, 4) is 16.9 Å². The summed E-state index contributed by atoms with van der Waals surface area (Å²) in [7, 11) is 3.12. The number of halogens is 1. The summed E-state index contributed by atoms with van der Waals surface area (Å²) in [5.74, 6) is -4.65. The molecule has 11 nitrogen and oxygen atoms in total. The van der Waals surface area contributed by atoms with Crippen molar-refractivity contribution in [2.75, 3.05) is 14.1 Å². The molecule has 1 fully saturated rings. The van der Waals surface area contributed by atoms with Gasteiger partial charge in [0.05, 0.1) is 28.3 Å². The van der Waals surface area contributed by atoms with Crippen LogP contribution in [0.25, 0.3) is 16.9 Å². The number of primary amides is 1. The zero-order valence-corrected chi connectivity index (χ0v) is 24.9. The number of aliphatic hydroxyl groups excluding tert-OH is 2. The van der Waals surface area contributed by atoms with Crippen LogP contribution in [-0.2, 0) is 27.3 Å². The number of aliphatic hydroxyl groups is 2. The normalized spacial score (nSPS) is 29.4. The average Bonchev–Trinajstić information content (AvgIpc) is 2.86. The van der Waals surface area contributed by atoms with Gasteiger partial charge in [0.15, 0.2) is 11.6 Å². The van der Waals surface area contributed by atoms with Gasteiger partial charge in [-0.2, -0.15) is 0 Å². The van der Waals surface area contributed by atoms with Gasteiger partial charge in [-0.15, -0.1) is 0 Å². The number of hydrogen-bond donors (Lipinski definition) is 7. The lowest BCUT2D eigenvalue weighted by Crippen LogP contribution is -2.79. The van der Waals surface area contributed by atoms with Crippen LogP contribution in [0.4, 0.5) is 0 Å². The Morgan fingerprint density at radius 3 is 2.27 bits per heavy atom. The van der Waals surface area contributed by atoms with Crippen LogP contribution >= 0.6 is 22.6 Å². The molecular weight excluding hydrogens is 641 g/mol. The molecule has 3 aliphatic rings. The Morgan fingerprint density at radius 1 is 1.12 bits per heavy atom. The fourth-order valence-corrected chi connectivity index (χ4v) is 7.39. The molecule has 0 saturated heterocycles. The van der Waals surface area contributed by atoms with Crippen molar-refractivity contribution in [1.82, 2.24) is 4.90 Å². The number of carbonyl (C=O) groups excluding carboxylic acids is 3. The van der Waals surface area contributed by atoms with Crippen molar-refractivity contribution in [3.63, 3.8) is 0 Å². The molecule has 4 atom stereocenters. The molecule has 2 aromatic rings. The summed E-state index contributed by atoms with van der Waals surface area (Å²) < 4.78 is 1.00. The number of carbonyl (C=O) groups is 3. The number of nitrogens with two attached hydrogens (primary N) is 4. The van der Waals surface area contributed by atoms with E-state index in [0.29, 0.717) is 16.7 Å². The lowest BCUT2D eigenvalue weighted by molar-refractivity contribution is -0.142. The van der Waals surface area contributed by atoms with Crippen molar-refractivity contribution in [2.24, 2.45) is 28.3 Å². The molecule has 0 spiro atoms. The van der Waals surface area contributed by atoms with E-state index in [0.717, 1.165) is 9.13 Å². The molecule has 0 aromatic heterocycles. The smallest absolute Gasteiger partial charge is 0.255 e. The molecule has 0 heterocycles. The fourth-order valence-electron chi connectivity index (χ4n) is 7.03. The second-order valence-corrected chi connectivity index (χ2v) is 12.8. The Hall–Kier alpha value is -3.30. The van der Waals surface area contributed by atoms with Gasteiger partial charge in [0.1, 0.15) is 28.3 Å². The number of Topliss-reactive ketones (excluding diaryl/α,β-unsaturated/α-hetero) is 2. The molecule has 0 unspecified atom stereocenters. The molecule has 0 bridgehead atoms. The third kappa shape index (κ3) is 3.74. The number of nitrogens with zero attached hydrogens (tertiary/aromatic N) is 1. The SMILES string of the molecule is CN(C)[C@@H]1C(=O)C(C(N)=O)=C(O)[C@@]2(C)C(=O)C3=C(O)c4c(O)c(CN)cc(-c5ccc(I)cc5)c4C[C@@]3(N)C[C@@]12N. The van der Waals surface area contributed by atoms with Crippen LogP contribution in [0.5, 0.6) is 5.75 Å². The maximum atomic E-state index is 14.5. The molecule has 11 N–H and O–H groups in total. The maximum absolute atomic E-state index is 14.5. The molecular formula is C29H32IN5O6. The third-order valence-electron chi connectivity index (χ3n) is 9.00. The number of phenolic OH excluding ortho intramolecular Hbond substituents is 1. The van der Waals surface area contributed by atoms with E-state index in [1.165, 1.54) is 11.8 Å². The maximum Gasteiger partial charge on any atom is 0.255 e. The van der Waals surface area contributed by atoms with Crippen molar-refractivity contribution in [1.29, 1.82) is 0 Å². The molecule has 5 rings (SSSR count). The van der Waals surface area contributed by atoms with Crippen molar-refractivity contribution in [2.45, 2.75) is 43.4 Å². The highest BCUT2D eigenvalue weighted by atomic mass is 127. The zero-order chi connectivity index (χ0) is 30.4. The Balaban J connectivity index is 1.86. The molecule has 1 saturated carbocycles. The molecule has 0 aliphatic heterocycles. The van der Waals surface area contributed by atoms with Crippen molar-refractivity contribution >= 4 is 45.8 Å². The van der Waals surface area contributed by atoms with Crippen LogP contribution in [0, 0.1) is 8.99 Å². The number of benzene rings is 2. The minimum Gasteiger partial charge on any atom is -0.510 e. The summed E-state index contributed by atoms with van der Waals surface area (Å²) in [5, 5.41) is 34.3. The largest absolute Gasteiger partial charge is 0.510 e. The van der Waals surface area contributed by atoms with Gasteiger partial charge in [-0.25, -0.2) is 0 Å². The van der Waals surface area contributed by atoms with E-state index in [1.54, 1.807) is 20.2 Å². The molecule has 41 heavy (non-hydrogen) atoms. The van der Waals surface area contributed by atoms with Gasteiger partial charge in [-0.05, 0) is 91.3 Å². The predicted molar refractivity (Wildman–Crippen MR) is 160 cm³/mol. The van der Waals surface area contributed by atoms with Gasteiger partial charge in [-0.3, -0.25) is 19.3 Å². The first-order valence-electron chi connectivity index (χ1n) is 12.9. The second kappa shape index (κ2) is 9.36. The van der Waals surface area contributed by atoms with E-state index in [4.69, 9.17) is 22.9 Å². The first-order valence-corrected chi connectivity index (χ1v) is 14.0. The highest BCUT2D eigenvalue weighted by molar-refractivity contribution is 14.1. The Labute approximate surface area is 250 Å². The summed E-state index contributed by atoms with van der Waals surface area (Å²) in [6.07, 6.45) is -0.277. The van der Waals surface area contributed by atoms with Gasteiger partial charge >= 0.3 is 0 Å². The highest BCUT2D eigenvalue weighted by Gasteiger charge is 2.71. The van der Waals surface area contributed by atoms with E-state index in [2.05, 4.69) is 22.6 Å². The molecule has 0 radical (unpaired) electrons. The Morgan fingerprint density at radius 2 is 1.73 bits per heavy atom. The summed E-state index contributed by atoms with van der Waals surface area (Å²) >= 11 is 2.18. The fraction of sp³-hybridized carbons (Fsp3) is 0.345. The van der Waals surface area contributed by atoms with Crippen LogP contribution in [0.15, 0.2) is 47.2 Å². The first-order chi connectivity index (χ1) is 19.0. The van der Waals surface area contributed by atoms with Crippen LogP contribution in [0.3, 0.4) is 0 Å². The topological polar surface area (TPSA) is 219 Å². The summed E-state index contributed by atoms with van der Waals surface area (Å²) in [6, 6.07) is 8.06. The standard InChI is InChI=1S/C29H32IN5O6/c1-27-24(39)18(26(32)41)22(38)23(35(2)3)29(27,34)11-28(33)9-16-15(12-4-6-14(30)7-5-12)8-13(10-31)20(36)17(16)21(37)19(28)25(27)40/h4-8,23,36-37,39H,9-11,31,33-34H2,1-3H3,(H2,32,41)/t23-,27+,28-,29-/m1/s1. The number of ketones is 2. The van der Waals surface area contributed by atoms with Crippen LogP contribution in [-0.4, -0.2) is 68.9 Å². The summed E-state index contributed by atoms with van der Waals surface area (Å²) in [4.78, 5) is 41.8. The Kier molecular flexibility index (Phi) is 6.66. The number of likely N-dealkylation sites (N-methyl/N-ethyl adjacent to an activating group) is 1. The number of fused-ring (bicyclic) bond motifs is 3. The Bertz CT molecular complexity index is 1620. The molecule has 2 aromatic carbocycles. The summed E-state index contributed by atoms with van der Waals surface area (Å²) in [5.41, 5.74) is 21.2. The monoisotopic (exact) mass is 673 g/mol. The van der Waals surface area contributed by atoms with E-state index in [1.807, 2.05) is 24.3 Å². The minimum absolute atomic E-state index is 0.00804. The lowest BCUT2D eigenvalue weighted by Gasteiger charge is -2.60. The van der Waals surface area contributed by atoms with Crippen LogP contribution in [0.1, 0.15) is 30.0 Å². The molecule has 216 valence electrons. The predicted octanol–water partition coefficient (Wildman–Crippen LogP) is 1.13. The minimum atomic E-state index is -2.07. The third-order valence-corrected chi connectivity index (χ3v) is 9.72. The number of amides is 1. The number of phenols is 1. The van der Waals surface area contributed by atoms with Gasteiger partial charge in [0.25, 0.3) is 5.91 Å². The number of aromatic hydroxyl groups is 1. The molecule has 12 heteroatoms. The lowest BCUT2D eigenvalue weighted by atomic mass is 9.47. The van der Waals surface area contributed by atoms with E-state index >= 15 is 0 Å².